The van der Waals surface area contributed by atoms with Gasteiger partial charge in [0.05, 0.1) is 16.3 Å². The maximum Gasteiger partial charge on any atom is 0.258 e. The number of nitrogens with zero attached hydrogens (tertiary/aromatic N) is 2. The fourth-order valence-corrected chi connectivity index (χ4v) is 3.48. The third-order valence-electron chi connectivity index (χ3n) is 4.58. The largest absolute Gasteiger partial charge is 0.306 e. The Bertz CT molecular complexity index is 1050. The molecule has 1 amide bonds. The predicted octanol–water partition coefficient (Wildman–Crippen LogP) is 5.52. The summed E-state index contributed by atoms with van der Waals surface area (Å²) in [4.78, 5) is 25.3. The first-order valence-electron chi connectivity index (χ1n) is 8.96. The van der Waals surface area contributed by atoms with Gasteiger partial charge in [-0.15, -0.1) is 0 Å². The molecule has 5 nitrogen and oxygen atoms in total. The molecule has 0 saturated heterocycles. The molecule has 7 heteroatoms. The van der Waals surface area contributed by atoms with E-state index in [9.17, 15) is 9.59 Å². The highest BCUT2D eigenvalue weighted by molar-refractivity contribution is 9.10. The normalized spacial score (nSPS) is 13.4. The van der Waals surface area contributed by atoms with Crippen molar-refractivity contribution in [3.05, 3.63) is 75.4 Å². The number of hydrogen-bond acceptors (Lipinski definition) is 3. The van der Waals surface area contributed by atoms with Gasteiger partial charge >= 0.3 is 0 Å². The molecular formula is C21H17BrClN3O2. The number of carbonyl (C=O) groups excluding carboxylic acids is 2. The van der Waals surface area contributed by atoms with Crippen molar-refractivity contribution in [1.29, 1.82) is 0 Å². The third-order valence-corrected chi connectivity index (χ3v) is 5.40. The molecule has 2 aromatic carbocycles. The lowest BCUT2D eigenvalue weighted by atomic mass is 10.1. The molecule has 1 aromatic heterocycles. The Morgan fingerprint density at radius 1 is 1.14 bits per heavy atom. The Morgan fingerprint density at radius 3 is 2.61 bits per heavy atom. The molecule has 0 atom stereocenters. The molecule has 1 saturated carbocycles. The summed E-state index contributed by atoms with van der Waals surface area (Å²) in [5.41, 5.74) is 1.44. The first-order valence-corrected chi connectivity index (χ1v) is 10.1. The van der Waals surface area contributed by atoms with E-state index in [1.54, 1.807) is 28.9 Å². The SMILES string of the molecule is O=C(CC1CC1)c1cc(NC(=O)c2cc(Br)ccc2Cl)n(-c2ccccc2)n1. The number of aromatic nitrogens is 2. The highest BCUT2D eigenvalue weighted by atomic mass is 79.9. The van der Waals surface area contributed by atoms with Crippen LogP contribution in [0.1, 0.15) is 40.1 Å². The maximum absolute atomic E-state index is 12.8. The van der Waals surface area contributed by atoms with Crippen molar-refractivity contribution in [2.45, 2.75) is 19.3 Å². The molecule has 0 aliphatic heterocycles. The average Bonchev–Trinajstić information content (AvgIpc) is 3.41. The lowest BCUT2D eigenvalue weighted by Gasteiger charge is -2.10. The van der Waals surface area contributed by atoms with Gasteiger partial charge < -0.3 is 5.32 Å². The number of ketones is 1. The van der Waals surface area contributed by atoms with E-state index in [1.807, 2.05) is 30.3 Å². The zero-order chi connectivity index (χ0) is 19.7. The Kier molecular flexibility index (Phi) is 5.33. The Balaban J connectivity index is 1.68. The topological polar surface area (TPSA) is 64.0 Å². The van der Waals surface area contributed by atoms with Gasteiger partial charge in [0.1, 0.15) is 11.5 Å². The van der Waals surface area contributed by atoms with Crippen molar-refractivity contribution in [3.63, 3.8) is 0 Å². The number of amides is 1. The quantitative estimate of drug-likeness (QED) is 0.494. The summed E-state index contributed by atoms with van der Waals surface area (Å²) in [6, 6.07) is 16.1. The van der Waals surface area contributed by atoms with Crippen LogP contribution in [0.3, 0.4) is 0 Å². The summed E-state index contributed by atoms with van der Waals surface area (Å²) in [6.45, 7) is 0. The Morgan fingerprint density at radius 2 is 1.89 bits per heavy atom. The first-order chi connectivity index (χ1) is 13.5. The molecule has 3 aromatic rings. The van der Waals surface area contributed by atoms with E-state index >= 15 is 0 Å². The molecule has 4 rings (SSSR count). The van der Waals surface area contributed by atoms with Crippen LogP contribution in [0, 0.1) is 5.92 Å². The van der Waals surface area contributed by atoms with Crippen LogP contribution in [0.5, 0.6) is 0 Å². The van der Waals surface area contributed by atoms with Gasteiger partial charge in [-0.25, -0.2) is 4.68 Å². The summed E-state index contributed by atoms with van der Waals surface area (Å²) >= 11 is 9.53. The van der Waals surface area contributed by atoms with E-state index in [4.69, 9.17) is 11.6 Å². The first kappa shape index (κ1) is 18.9. The van der Waals surface area contributed by atoms with Crippen LogP contribution in [0.15, 0.2) is 59.1 Å². The minimum atomic E-state index is -0.371. The van der Waals surface area contributed by atoms with Crippen LogP contribution in [0.4, 0.5) is 5.82 Å². The van der Waals surface area contributed by atoms with Gasteiger partial charge in [0.25, 0.3) is 5.91 Å². The summed E-state index contributed by atoms with van der Waals surface area (Å²) in [5, 5.41) is 7.64. The van der Waals surface area contributed by atoms with Crippen LogP contribution in [0.2, 0.25) is 5.02 Å². The molecule has 28 heavy (non-hydrogen) atoms. The molecule has 1 heterocycles. The van der Waals surface area contributed by atoms with E-state index in [0.717, 1.165) is 23.0 Å². The molecule has 1 aliphatic carbocycles. The summed E-state index contributed by atoms with van der Waals surface area (Å²) in [7, 11) is 0. The third kappa shape index (κ3) is 4.18. The average molecular weight is 459 g/mol. The van der Waals surface area contributed by atoms with Crippen LogP contribution in [-0.4, -0.2) is 21.5 Å². The smallest absolute Gasteiger partial charge is 0.258 e. The maximum atomic E-state index is 12.8. The van der Waals surface area contributed by atoms with Gasteiger partial charge in [-0.1, -0.05) is 45.7 Å². The lowest BCUT2D eigenvalue weighted by molar-refractivity contribution is 0.0969. The fourth-order valence-electron chi connectivity index (χ4n) is 2.92. The van der Waals surface area contributed by atoms with Gasteiger partial charge in [0.15, 0.2) is 5.78 Å². The highest BCUT2D eigenvalue weighted by Crippen LogP contribution is 2.34. The van der Waals surface area contributed by atoms with Gasteiger partial charge in [-0.3, -0.25) is 9.59 Å². The minimum absolute atomic E-state index is 0.00633. The molecule has 1 aliphatic rings. The number of Topliss-reactive ketones (excluding diaryl/α,β-unsaturated/α-hetero) is 1. The molecule has 0 unspecified atom stereocenters. The standard InChI is InChI=1S/C21H17BrClN3O2/c22-14-8-9-17(23)16(11-14)21(28)24-20-12-18(19(27)10-13-6-7-13)25-26(20)15-4-2-1-3-5-15/h1-5,8-9,11-13H,6-7,10H2,(H,24,28). The zero-order valence-electron chi connectivity index (χ0n) is 14.9. The summed E-state index contributed by atoms with van der Waals surface area (Å²) < 4.78 is 2.32. The highest BCUT2D eigenvalue weighted by Gasteiger charge is 2.27. The van der Waals surface area contributed by atoms with Crippen LogP contribution in [-0.2, 0) is 0 Å². The van der Waals surface area contributed by atoms with Gasteiger partial charge in [0.2, 0.25) is 0 Å². The van der Waals surface area contributed by atoms with Crippen molar-refractivity contribution in [2.75, 3.05) is 5.32 Å². The Hall–Kier alpha value is -2.44. The fraction of sp³-hybridized carbons (Fsp3) is 0.190. The van der Waals surface area contributed by atoms with Crippen molar-refractivity contribution in [2.24, 2.45) is 5.92 Å². The van der Waals surface area contributed by atoms with Gasteiger partial charge in [-0.05, 0) is 49.1 Å². The van der Waals surface area contributed by atoms with Crippen LogP contribution in [0.25, 0.3) is 5.69 Å². The second kappa shape index (κ2) is 7.89. The number of carbonyl (C=O) groups is 2. The number of anilines is 1. The number of nitrogens with one attached hydrogen (secondary N) is 1. The zero-order valence-corrected chi connectivity index (χ0v) is 17.2. The van der Waals surface area contributed by atoms with Crippen molar-refractivity contribution >= 4 is 45.0 Å². The van der Waals surface area contributed by atoms with Crippen LogP contribution < -0.4 is 5.32 Å². The number of rotatable bonds is 6. The van der Waals surface area contributed by atoms with Gasteiger partial charge in [-0.2, -0.15) is 5.10 Å². The monoisotopic (exact) mass is 457 g/mol. The van der Waals surface area contributed by atoms with E-state index in [-0.39, 0.29) is 11.7 Å². The number of para-hydroxylation sites is 1. The number of benzene rings is 2. The van der Waals surface area contributed by atoms with Crippen molar-refractivity contribution in [1.82, 2.24) is 9.78 Å². The molecular weight excluding hydrogens is 442 g/mol. The van der Waals surface area contributed by atoms with Crippen molar-refractivity contribution in [3.8, 4) is 5.69 Å². The number of halogens is 2. The molecule has 0 radical (unpaired) electrons. The lowest BCUT2D eigenvalue weighted by Crippen LogP contribution is -2.15. The molecule has 0 spiro atoms. The van der Waals surface area contributed by atoms with E-state index in [2.05, 4.69) is 26.3 Å². The summed E-state index contributed by atoms with van der Waals surface area (Å²) in [6.07, 6.45) is 2.68. The van der Waals surface area contributed by atoms with E-state index in [0.29, 0.717) is 34.4 Å². The second-order valence-electron chi connectivity index (χ2n) is 6.81. The van der Waals surface area contributed by atoms with Crippen molar-refractivity contribution < 1.29 is 9.59 Å². The summed E-state index contributed by atoms with van der Waals surface area (Å²) in [5.74, 6) is 0.511. The molecule has 142 valence electrons. The Labute approximate surface area is 175 Å². The molecule has 0 bridgehead atoms. The second-order valence-corrected chi connectivity index (χ2v) is 8.13. The minimum Gasteiger partial charge on any atom is -0.306 e. The molecule has 1 fully saturated rings. The molecule has 1 N–H and O–H groups in total. The number of hydrogen-bond donors (Lipinski definition) is 1. The van der Waals surface area contributed by atoms with E-state index in [1.165, 1.54) is 0 Å². The van der Waals surface area contributed by atoms with Gasteiger partial charge in [0, 0.05) is 17.0 Å². The van der Waals surface area contributed by atoms with E-state index < -0.39 is 0 Å². The van der Waals surface area contributed by atoms with Crippen LogP contribution >= 0.6 is 27.5 Å². The predicted molar refractivity (Wildman–Crippen MR) is 112 cm³/mol.